The van der Waals surface area contributed by atoms with E-state index in [1.807, 2.05) is 25.1 Å². The van der Waals surface area contributed by atoms with Gasteiger partial charge in [-0.2, -0.15) is 0 Å². The quantitative estimate of drug-likeness (QED) is 0.623. The van der Waals surface area contributed by atoms with Gasteiger partial charge in [-0.15, -0.1) is 11.3 Å². The number of rotatable bonds is 2. The number of aryl methyl sites for hydroxylation is 1. The van der Waals surface area contributed by atoms with Crippen LogP contribution in [0.25, 0.3) is 10.8 Å². The molecule has 0 saturated carbocycles. The standard InChI is InChI=1S/C16H11FOS/c1-10-6-9-15(19-10)16(18)13-7-8-14(17)12-5-3-2-4-11(12)13/h2-9H,1H3. The van der Waals surface area contributed by atoms with Gasteiger partial charge >= 0.3 is 0 Å². The van der Waals surface area contributed by atoms with E-state index in [2.05, 4.69) is 0 Å². The lowest BCUT2D eigenvalue weighted by Gasteiger charge is -2.05. The molecule has 1 nitrogen and oxygen atoms in total. The minimum atomic E-state index is -0.297. The van der Waals surface area contributed by atoms with Crippen LogP contribution in [0.15, 0.2) is 48.5 Å². The molecule has 2 aromatic carbocycles. The van der Waals surface area contributed by atoms with Gasteiger partial charge < -0.3 is 0 Å². The molecule has 1 aromatic heterocycles. The highest BCUT2D eigenvalue weighted by Gasteiger charge is 2.15. The topological polar surface area (TPSA) is 17.1 Å². The van der Waals surface area contributed by atoms with Crippen molar-refractivity contribution in [3.05, 3.63) is 69.7 Å². The van der Waals surface area contributed by atoms with Crippen molar-refractivity contribution in [2.24, 2.45) is 0 Å². The lowest BCUT2D eigenvalue weighted by molar-refractivity contribution is 0.104. The molecule has 19 heavy (non-hydrogen) atoms. The molecule has 3 heteroatoms. The number of thiophene rings is 1. The number of hydrogen-bond donors (Lipinski definition) is 0. The number of carbonyl (C=O) groups excluding carboxylic acids is 1. The normalized spacial score (nSPS) is 10.8. The Bertz CT molecular complexity index is 773. The Kier molecular flexibility index (Phi) is 2.91. The average molecular weight is 270 g/mol. The Balaban J connectivity index is 2.21. The maximum Gasteiger partial charge on any atom is 0.203 e. The summed E-state index contributed by atoms with van der Waals surface area (Å²) in [4.78, 5) is 14.3. The van der Waals surface area contributed by atoms with Gasteiger partial charge in [0.15, 0.2) is 0 Å². The van der Waals surface area contributed by atoms with E-state index >= 15 is 0 Å². The summed E-state index contributed by atoms with van der Waals surface area (Å²) >= 11 is 1.46. The fraction of sp³-hybridized carbons (Fsp3) is 0.0625. The Morgan fingerprint density at radius 3 is 2.42 bits per heavy atom. The van der Waals surface area contributed by atoms with Gasteiger partial charge in [0.05, 0.1) is 4.88 Å². The van der Waals surface area contributed by atoms with Gasteiger partial charge in [0, 0.05) is 15.8 Å². The maximum absolute atomic E-state index is 13.7. The monoisotopic (exact) mass is 270 g/mol. The van der Waals surface area contributed by atoms with E-state index in [1.54, 1.807) is 24.3 Å². The third kappa shape index (κ3) is 2.06. The fourth-order valence-corrected chi connectivity index (χ4v) is 2.97. The predicted octanol–water partition coefficient (Wildman–Crippen LogP) is 4.58. The van der Waals surface area contributed by atoms with Crippen LogP contribution >= 0.6 is 11.3 Å². The first kappa shape index (κ1) is 12.1. The second kappa shape index (κ2) is 4.59. The van der Waals surface area contributed by atoms with Crippen molar-refractivity contribution in [3.63, 3.8) is 0 Å². The lowest BCUT2D eigenvalue weighted by atomic mass is 10.0. The van der Waals surface area contributed by atoms with Gasteiger partial charge in [-0.25, -0.2) is 4.39 Å². The Morgan fingerprint density at radius 1 is 1.00 bits per heavy atom. The van der Waals surface area contributed by atoms with Crippen LogP contribution < -0.4 is 0 Å². The Morgan fingerprint density at radius 2 is 1.74 bits per heavy atom. The van der Waals surface area contributed by atoms with Crippen molar-refractivity contribution < 1.29 is 9.18 Å². The van der Waals surface area contributed by atoms with Crippen LogP contribution in [0.1, 0.15) is 20.1 Å². The molecule has 3 aromatic rings. The fourth-order valence-electron chi connectivity index (χ4n) is 2.15. The van der Waals surface area contributed by atoms with Crippen LogP contribution in [0.2, 0.25) is 0 Å². The molecule has 0 spiro atoms. The zero-order valence-electron chi connectivity index (χ0n) is 10.3. The molecule has 1 heterocycles. The van der Waals surface area contributed by atoms with Gasteiger partial charge in [-0.3, -0.25) is 4.79 Å². The van der Waals surface area contributed by atoms with Crippen molar-refractivity contribution in [1.82, 2.24) is 0 Å². The maximum atomic E-state index is 13.7. The van der Waals surface area contributed by atoms with Crippen molar-refractivity contribution in [2.45, 2.75) is 6.92 Å². The summed E-state index contributed by atoms with van der Waals surface area (Å²) in [6.45, 7) is 1.96. The van der Waals surface area contributed by atoms with Crippen LogP contribution in [0.3, 0.4) is 0 Å². The summed E-state index contributed by atoms with van der Waals surface area (Å²) in [5, 5.41) is 1.15. The van der Waals surface area contributed by atoms with E-state index in [4.69, 9.17) is 0 Å². The Hall–Kier alpha value is -2.00. The molecule has 0 saturated heterocycles. The summed E-state index contributed by atoms with van der Waals surface area (Å²) in [6, 6.07) is 13.7. The Labute approximate surface area is 114 Å². The number of ketones is 1. The minimum Gasteiger partial charge on any atom is -0.288 e. The molecule has 0 fully saturated rings. The van der Waals surface area contributed by atoms with E-state index in [9.17, 15) is 9.18 Å². The van der Waals surface area contributed by atoms with E-state index in [1.165, 1.54) is 17.4 Å². The second-order valence-electron chi connectivity index (χ2n) is 4.38. The molecule has 0 unspecified atom stereocenters. The molecule has 0 bridgehead atoms. The van der Waals surface area contributed by atoms with Gasteiger partial charge in [-0.1, -0.05) is 24.3 Å². The third-order valence-corrected chi connectivity index (χ3v) is 4.08. The van der Waals surface area contributed by atoms with Crippen LogP contribution in [0.4, 0.5) is 4.39 Å². The SMILES string of the molecule is Cc1ccc(C(=O)c2ccc(F)c3ccccc23)s1. The molecule has 0 atom stereocenters. The van der Waals surface area contributed by atoms with Crippen LogP contribution in [0.5, 0.6) is 0 Å². The second-order valence-corrected chi connectivity index (χ2v) is 5.67. The van der Waals surface area contributed by atoms with Crippen molar-refractivity contribution in [2.75, 3.05) is 0 Å². The highest BCUT2D eigenvalue weighted by atomic mass is 32.1. The van der Waals surface area contributed by atoms with Crippen LogP contribution in [-0.2, 0) is 0 Å². The van der Waals surface area contributed by atoms with Gasteiger partial charge in [0.2, 0.25) is 5.78 Å². The number of halogens is 1. The van der Waals surface area contributed by atoms with Gasteiger partial charge in [0.25, 0.3) is 0 Å². The number of hydrogen-bond acceptors (Lipinski definition) is 2. The zero-order chi connectivity index (χ0) is 13.4. The van der Waals surface area contributed by atoms with Gasteiger partial charge in [-0.05, 0) is 36.6 Å². The summed E-state index contributed by atoms with van der Waals surface area (Å²) in [6.07, 6.45) is 0. The number of carbonyl (C=O) groups is 1. The van der Waals surface area contributed by atoms with E-state index in [0.717, 1.165) is 4.88 Å². The molecule has 0 amide bonds. The molecule has 94 valence electrons. The smallest absolute Gasteiger partial charge is 0.203 e. The summed E-state index contributed by atoms with van der Waals surface area (Å²) < 4.78 is 13.7. The highest BCUT2D eigenvalue weighted by Crippen LogP contribution is 2.26. The molecule has 0 radical (unpaired) electrons. The van der Waals surface area contributed by atoms with Crippen molar-refractivity contribution in [3.8, 4) is 0 Å². The largest absolute Gasteiger partial charge is 0.288 e. The first-order chi connectivity index (χ1) is 9.16. The highest BCUT2D eigenvalue weighted by molar-refractivity contribution is 7.14. The summed E-state index contributed by atoms with van der Waals surface area (Å²) in [5.74, 6) is -0.344. The van der Waals surface area contributed by atoms with Crippen molar-refractivity contribution in [1.29, 1.82) is 0 Å². The van der Waals surface area contributed by atoms with Crippen LogP contribution in [-0.4, -0.2) is 5.78 Å². The molecular formula is C16H11FOS. The van der Waals surface area contributed by atoms with E-state index in [0.29, 0.717) is 21.2 Å². The van der Waals surface area contributed by atoms with E-state index < -0.39 is 0 Å². The molecule has 0 N–H and O–H groups in total. The lowest BCUT2D eigenvalue weighted by Crippen LogP contribution is -2.00. The van der Waals surface area contributed by atoms with Gasteiger partial charge in [0.1, 0.15) is 5.82 Å². The average Bonchev–Trinajstić information content (AvgIpc) is 2.86. The number of benzene rings is 2. The van der Waals surface area contributed by atoms with Crippen molar-refractivity contribution >= 4 is 27.9 Å². The minimum absolute atomic E-state index is 0.0469. The zero-order valence-corrected chi connectivity index (χ0v) is 11.1. The first-order valence-corrected chi connectivity index (χ1v) is 6.77. The molecule has 0 aliphatic carbocycles. The first-order valence-electron chi connectivity index (χ1n) is 5.95. The summed E-state index contributed by atoms with van der Waals surface area (Å²) in [7, 11) is 0. The van der Waals surface area contributed by atoms with E-state index in [-0.39, 0.29) is 11.6 Å². The van der Waals surface area contributed by atoms with Crippen LogP contribution in [0, 0.1) is 12.7 Å². The number of fused-ring (bicyclic) bond motifs is 1. The third-order valence-electron chi connectivity index (χ3n) is 3.08. The molecular weight excluding hydrogens is 259 g/mol. The molecule has 3 rings (SSSR count). The predicted molar refractivity (Wildman–Crippen MR) is 76.4 cm³/mol. The molecule has 0 aliphatic rings. The molecule has 0 aliphatic heterocycles. The summed E-state index contributed by atoms with van der Waals surface area (Å²) in [5.41, 5.74) is 0.554.